The molecule has 1 aromatic carbocycles. The molecule has 4 rings (SSSR count). The number of aromatic nitrogens is 2. The van der Waals surface area contributed by atoms with Crippen LogP contribution < -0.4 is 15.1 Å². The molecule has 1 amide bonds. The monoisotopic (exact) mass is 407 g/mol. The van der Waals surface area contributed by atoms with Crippen molar-refractivity contribution in [2.24, 2.45) is 4.99 Å². The van der Waals surface area contributed by atoms with Crippen LogP contribution in [0.2, 0.25) is 0 Å². The van der Waals surface area contributed by atoms with Gasteiger partial charge < -0.3 is 20.0 Å². The molecule has 8 nitrogen and oxygen atoms in total. The van der Waals surface area contributed by atoms with Crippen LogP contribution >= 0.6 is 0 Å². The summed E-state index contributed by atoms with van der Waals surface area (Å²) in [5.74, 6) is 1.75. The van der Waals surface area contributed by atoms with Gasteiger partial charge in [0.05, 0.1) is 6.54 Å². The Labute approximate surface area is 177 Å². The van der Waals surface area contributed by atoms with Crippen molar-refractivity contribution in [2.45, 2.75) is 19.8 Å². The molecular weight excluding hydrogens is 378 g/mol. The van der Waals surface area contributed by atoms with Crippen molar-refractivity contribution in [1.82, 2.24) is 20.2 Å². The molecule has 1 saturated heterocycles. The first-order valence-electron chi connectivity index (χ1n) is 10.7. The number of benzene rings is 1. The maximum atomic E-state index is 12.7. The van der Waals surface area contributed by atoms with Gasteiger partial charge in [0.25, 0.3) is 0 Å². The van der Waals surface area contributed by atoms with Crippen molar-refractivity contribution in [3.05, 3.63) is 48.3 Å². The average molecular weight is 408 g/mol. The lowest BCUT2D eigenvalue weighted by Gasteiger charge is -2.34. The standard InChI is InChI=1S/C22H29N7O/c1-2-23-22(29-13-9-18-6-3-4-7-19(18)29)26-12-8-20(30)27-14-16-28(17-15-27)21-24-10-5-11-25-21/h3-7,10-11H,2,8-9,12-17H2,1H3,(H,23,26). The van der Waals surface area contributed by atoms with Crippen LogP contribution in [-0.2, 0) is 11.2 Å². The normalized spacial score (nSPS) is 16.6. The van der Waals surface area contributed by atoms with Gasteiger partial charge in [-0.3, -0.25) is 9.79 Å². The molecule has 2 aliphatic rings. The summed E-state index contributed by atoms with van der Waals surface area (Å²) in [7, 11) is 0. The summed E-state index contributed by atoms with van der Waals surface area (Å²) in [5.41, 5.74) is 2.56. The molecule has 2 aromatic rings. The molecule has 1 aromatic heterocycles. The number of nitrogens with one attached hydrogen (secondary N) is 1. The summed E-state index contributed by atoms with van der Waals surface area (Å²) in [6, 6.07) is 10.3. The molecule has 0 atom stereocenters. The number of guanidine groups is 1. The van der Waals surface area contributed by atoms with Crippen molar-refractivity contribution < 1.29 is 4.79 Å². The molecule has 0 spiro atoms. The van der Waals surface area contributed by atoms with E-state index in [1.807, 2.05) is 11.0 Å². The van der Waals surface area contributed by atoms with E-state index < -0.39 is 0 Å². The number of anilines is 2. The molecule has 0 radical (unpaired) electrons. The zero-order chi connectivity index (χ0) is 20.8. The van der Waals surface area contributed by atoms with E-state index in [1.54, 1.807) is 12.4 Å². The molecule has 0 aliphatic carbocycles. The minimum atomic E-state index is 0.157. The van der Waals surface area contributed by atoms with Gasteiger partial charge >= 0.3 is 0 Å². The van der Waals surface area contributed by atoms with Crippen molar-refractivity contribution in [1.29, 1.82) is 0 Å². The van der Waals surface area contributed by atoms with Crippen molar-refractivity contribution >= 4 is 23.5 Å². The highest BCUT2D eigenvalue weighted by atomic mass is 16.2. The van der Waals surface area contributed by atoms with Gasteiger partial charge in [0, 0.05) is 63.8 Å². The Morgan fingerprint density at radius 1 is 1.07 bits per heavy atom. The predicted octanol–water partition coefficient (Wildman–Crippen LogP) is 1.54. The van der Waals surface area contributed by atoms with Gasteiger partial charge in [-0.25, -0.2) is 9.97 Å². The molecule has 2 aliphatic heterocycles. The quantitative estimate of drug-likeness (QED) is 0.599. The van der Waals surface area contributed by atoms with Crippen LogP contribution in [0.4, 0.5) is 11.6 Å². The van der Waals surface area contributed by atoms with E-state index in [4.69, 9.17) is 4.99 Å². The van der Waals surface area contributed by atoms with Crippen molar-refractivity contribution in [2.75, 3.05) is 55.6 Å². The Morgan fingerprint density at radius 3 is 2.60 bits per heavy atom. The zero-order valence-corrected chi connectivity index (χ0v) is 17.5. The molecule has 8 heteroatoms. The van der Waals surface area contributed by atoms with Gasteiger partial charge in [0.15, 0.2) is 5.96 Å². The summed E-state index contributed by atoms with van der Waals surface area (Å²) in [6.07, 6.45) is 4.94. The van der Waals surface area contributed by atoms with E-state index in [9.17, 15) is 4.79 Å². The van der Waals surface area contributed by atoms with Gasteiger partial charge in [-0.05, 0) is 31.0 Å². The first-order valence-corrected chi connectivity index (χ1v) is 10.7. The number of hydrogen-bond acceptors (Lipinski definition) is 5. The van der Waals surface area contributed by atoms with E-state index in [2.05, 4.69) is 56.3 Å². The third kappa shape index (κ3) is 4.53. The summed E-state index contributed by atoms with van der Waals surface area (Å²) in [6.45, 7) is 7.18. The van der Waals surface area contributed by atoms with E-state index in [0.717, 1.165) is 44.5 Å². The van der Waals surface area contributed by atoms with Crippen LogP contribution in [0.1, 0.15) is 18.9 Å². The van der Waals surface area contributed by atoms with Gasteiger partial charge in [0.2, 0.25) is 11.9 Å². The second kappa shape index (κ2) is 9.56. The number of amides is 1. The third-order valence-corrected chi connectivity index (χ3v) is 5.53. The van der Waals surface area contributed by atoms with Crippen LogP contribution in [0.3, 0.4) is 0 Å². The van der Waals surface area contributed by atoms with Crippen molar-refractivity contribution in [3.63, 3.8) is 0 Å². The number of aliphatic imine (C=N–C) groups is 1. The summed E-state index contributed by atoms with van der Waals surface area (Å²) in [5, 5.41) is 3.37. The number of para-hydroxylation sites is 1. The SMILES string of the molecule is CCNC(=NCCC(=O)N1CCN(c2ncccn2)CC1)N1CCc2ccccc21. The number of hydrogen-bond donors (Lipinski definition) is 1. The van der Waals surface area contributed by atoms with Crippen LogP contribution in [0.5, 0.6) is 0 Å². The highest BCUT2D eigenvalue weighted by Crippen LogP contribution is 2.27. The average Bonchev–Trinajstić information content (AvgIpc) is 3.23. The minimum Gasteiger partial charge on any atom is -0.356 e. The molecule has 30 heavy (non-hydrogen) atoms. The van der Waals surface area contributed by atoms with Gasteiger partial charge in [-0.1, -0.05) is 18.2 Å². The molecular formula is C22H29N7O. The van der Waals surface area contributed by atoms with Crippen molar-refractivity contribution in [3.8, 4) is 0 Å². The lowest BCUT2D eigenvalue weighted by atomic mass is 10.2. The largest absolute Gasteiger partial charge is 0.356 e. The second-order valence-electron chi connectivity index (χ2n) is 7.43. The van der Waals surface area contributed by atoms with Gasteiger partial charge in [-0.2, -0.15) is 0 Å². The summed E-state index contributed by atoms with van der Waals surface area (Å²) >= 11 is 0. The smallest absolute Gasteiger partial charge is 0.225 e. The third-order valence-electron chi connectivity index (χ3n) is 5.53. The molecule has 1 fully saturated rings. The first kappa shape index (κ1) is 20.1. The number of carbonyl (C=O) groups is 1. The second-order valence-corrected chi connectivity index (χ2v) is 7.43. The summed E-state index contributed by atoms with van der Waals surface area (Å²) < 4.78 is 0. The van der Waals surface area contributed by atoms with E-state index in [1.165, 1.54) is 11.3 Å². The van der Waals surface area contributed by atoms with Crippen LogP contribution in [-0.4, -0.2) is 72.5 Å². The lowest BCUT2D eigenvalue weighted by molar-refractivity contribution is -0.131. The number of nitrogens with zero attached hydrogens (tertiary/aromatic N) is 6. The Balaban J connectivity index is 1.30. The lowest BCUT2D eigenvalue weighted by Crippen LogP contribution is -2.49. The number of piperazine rings is 1. The van der Waals surface area contributed by atoms with E-state index in [-0.39, 0.29) is 5.91 Å². The molecule has 158 valence electrons. The van der Waals surface area contributed by atoms with E-state index in [0.29, 0.717) is 26.1 Å². The molecule has 1 N–H and O–H groups in total. The maximum Gasteiger partial charge on any atom is 0.225 e. The van der Waals surface area contributed by atoms with Gasteiger partial charge in [0.1, 0.15) is 0 Å². The fourth-order valence-electron chi connectivity index (χ4n) is 3.98. The number of carbonyl (C=O) groups excluding carboxylic acids is 1. The zero-order valence-electron chi connectivity index (χ0n) is 17.5. The molecule has 0 saturated carbocycles. The fourth-order valence-corrected chi connectivity index (χ4v) is 3.98. The fraction of sp³-hybridized carbons (Fsp3) is 0.455. The van der Waals surface area contributed by atoms with Crippen LogP contribution in [0, 0.1) is 0 Å². The molecule has 0 bridgehead atoms. The van der Waals surface area contributed by atoms with Crippen LogP contribution in [0.15, 0.2) is 47.7 Å². The first-order chi connectivity index (χ1) is 14.8. The van der Waals surface area contributed by atoms with Crippen LogP contribution in [0.25, 0.3) is 0 Å². The highest BCUT2D eigenvalue weighted by Gasteiger charge is 2.24. The minimum absolute atomic E-state index is 0.157. The molecule has 3 heterocycles. The molecule has 0 unspecified atom stereocenters. The van der Waals surface area contributed by atoms with E-state index >= 15 is 0 Å². The Kier molecular flexibility index (Phi) is 6.41. The van der Waals surface area contributed by atoms with Gasteiger partial charge in [-0.15, -0.1) is 0 Å². The highest BCUT2D eigenvalue weighted by molar-refractivity contribution is 5.98. The Morgan fingerprint density at radius 2 is 1.83 bits per heavy atom. The predicted molar refractivity (Wildman–Crippen MR) is 119 cm³/mol. The number of fused-ring (bicyclic) bond motifs is 1. The number of rotatable bonds is 5. The Hall–Kier alpha value is -3.16. The Bertz CT molecular complexity index is 878. The maximum absolute atomic E-state index is 12.7. The topological polar surface area (TPSA) is 77.0 Å². The summed E-state index contributed by atoms with van der Waals surface area (Å²) in [4.78, 5) is 32.3.